The van der Waals surface area contributed by atoms with E-state index in [0.717, 1.165) is 17.9 Å². The van der Waals surface area contributed by atoms with E-state index in [1.165, 1.54) is 0 Å². The van der Waals surface area contributed by atoms with Crippen LogP contribution < -0.4 is 0 Å². The number of nitrogens with zero attached hydrogens (tertiary/aromatic N) is 3. The summed E-state index contributed by atoms with van der Waals surface area (Å²) in [6.07, 6.45) is 3.66. The molecule has 17 heavy (non-hydrogen) atoms. The van der Waals surface area contributed by atoms with Crippen LogP contribution >= 0.6 is 0 Å². The smallest absolute Gasteiger partial charge is 0.0572 e. The Morgan fingerprint density at radius 3 is 2.35 bits per heavy atom. The van der Waals surface area contributed by atoms with E-state index < -0.39 is 0 Å². The molecule has 0 saturated heterocycles. The highest BCUT2D eigenvalue weighted by Gasteiger charge is 2.12. The third kappa shape index (κ3) is 3.11. The van der Waals surface area contributed by atoms with Crippen LogP contribution in [0.5, 0.6) is 0 Å². The Kier molecular flexibility index (Phi) is 3.83. The van der Waals surface area contributed by atoms with E-state index in [2.05, 4.69) is 34.9 Å². The topological polar surface area (TPSA) is 29.0 Å². The van der Waals surface area contributed by atoms with E-state index in [-0.39, 0.29) is 0 Å². The zero-order chi connectivity index (χ0) is 12.1. The van der Waals surface area contributed by atoms with Gasteiger partial charge in [0.1, 0.15) is 0 Å². The molecule has 3 heteroatoms. The lowest BCUT2D eigenvalue weighted by Gasteiger charge is -2.23. The Balaban J connectivity index is 2.03. The molecule has 1 atom stereocenters. The molecule has 0 fully saturated rings. The summed E-state index contributed by atoms with van der Waals surface area (Å²) in [5.74, 6) is 0. The first-order chi connectivity index (χ1) is 8.27. The molecule has 2 heterocycles. The van der Waals surface area contributed by atoms with Crippen LogP contribution in [0.3, 0.4) is 0 Å². The Bertz CT molecular complexity index is 442. The average Bonchev–Trinajstić information content (AvgIpc) is 2.40. The predicted octanol–water partition coefficient (Wildman–Crippen LogP) is 2.67. The van der Waals surface area contributed by atoms with Crippen molar-refractivity contribution in [2.45, 2.75) is 19.5 Å². The van der Waals surface area contributed by atoms with E-state index in [4.69, 9.17) is 0 Å². The van der Waals surface area contributed by atoms with Gasteiger partial charge in [0.2, 0.25) is 0 Å². The standard InChI is InChI=1S/C14H17N3/c1-12(14-8-4-6-10-16-14)17(2)11-13-7-3-5-9-15-13/h3-10,12H,11H2,1-2H3/t12-/m0/s1. The molecule has 2 rings (SSSR count). The summed E-state index contributed by atoms with van der Waals surface area (Å²) in [6.45, 7) is 2.99. The Morgan fingerprint density at radius 2 is 1.76 bits per heavy atom. The molecule has 0 amide bonds. The van der Waals surface area contributed by atoms with Gasteiger partial charge in [0.25, 0.3) is 0 Å². The third-order valence-electron chi connectivity index (χ3n) is 2.91. The first kappa shape index (κ1) is 11.7. The maximum Gasteiger partial charge on any atom is 0.0572 e. The second kappa shape index (κ2) is 5.55. The highest BCUT2D eigenvalue weighted by molar-refractivity contribution is 5.09. The summed E-state index contributed by atoms with van der Waals surface area (Å²) in [5.41, 5.74) is 2.17. The maximum absolute atomic E-state index is 4.38. The van der Waals surface area contributed by atoms with Crippen LogP contribution in [0, 0.1) is 0 Å². The Hall–Kier alpha value is -1.74. The number of pyridine rings is 2. The summed E-state index contributed by atoms with van der Waals surface area (Å²) < 4.78 is 0. The predicted molar refractivity (Wildman–Crippen MR) is 68.4 cm³/mol. The SMILES string of the molecule is C[C@@H](c1ccccn1)N(C)Cc1ccccn1. The second-order valence-corrected chi connectivity index (χ2v) is 4.17. The van der Waals surface area contributed by atoms with Crippen molar-refractivity contribution >= 4 is 0 Å². The highest BCUT2D eigenvalue weighted by Crippen LogP contribution is 2.17. The second-order valence-electron chi connectivity index (χ2n) is 4.17. The monoisotopic (exact) mass is 227 g/mol. The molecule has 88 valence electrons. The summed E-state index contributed by atoms with van der Waals surface area (Å²) >= 11 is 0. The Labute approximate surface area is 102 Å². The van der Waals surface area contributed by atoms with Crippen LogP contribution in [0.4, 0.5) is 0 Å². The minimum absolute atomic E-state index is 0.290. The molecular weight excluding hydrogens is 210 g/mol. The van der Waals surface area contributed by atoms with Gasteiger partial charge >= 0.3 is 0 Å². The summed E-state index contributed by atoms with van der Waals surface area (Å²) in [5, 5.41) is 0. The fourth-order valence-corrected chi connectivity index (χ4v) is 1.73. The number of hydrogen-bond donors (Lipinski definition) is 0. The largest absolute Gasteiger partial charge is 0.292 e. The number of hydrogen-bond acceptors (Lipinski definition) is 3. The lowest BCUT2D eigenvalue weighted by Crippen LogP contribution is -2.23. The van der Waals surface area contributed by atoms with Gasteiger partial charge in [-0.1, -0.05) is 12.1 Å². The molecule has 2 aromatic rings. The van der Waals surface area contributed by atoms with Crippen LogP contribution in [0.25, 0.3) is 0 Å². The summed E-state index contributed by atoms with van der Waals surface area (Å²) in [7, 11) is 2.09. The summed E-state index contributed by atoms with van der Waals surface area (Å²) in [4.78, 5) is 11.0. The molecular formula is C14H17N3. The van der Waals surface area contributed by atoms with Crippen LogP contribution in [-0.4, -0.2) is 21.9 Å². The molecule has 0 bridgehead atoms. The van der Waals surface area contributed by atoms with Crippen molar-refractivity contribution < 1.29 is 0 Å². The van der Waals surface area contributed by atoms with Gasteiger partial charge < -0.3 is 0 Å². The minimum Gasteiger partial charge on any atom is -0.292 e. The van der Waals surface area contributed by atoms with Crippen LogP contribution in [0.1, 0.15) is 24.4 Å². The minimum atomic E-state index is 0.290. The van der Waals surface area contributed by atoms with Crippen molar-refractivity contribution in [2.75, 3.05) is 7.05 Å². The lowest BCUT2D eigenvalue weighted by atomic mass is 10.2. The van der Waals surface area contributed by atoms with Gasteiger partial charge in [-0.2, -0.15) is 0 Å². The third-order valence-corrected chi connectivity index (χ3v) is 2.91. The van der Waals surface area contributed by atoms with E-state index in [0.29, 0.717) is 6.04 Å². The molecule has 0 N–H and O–H groups in total. The molecule has 0 spiro atoms. The van der Waals surface area contributed by atoms with Crippen molar-refractivity contribution in [1.29, 1.82) is 0 Å². The quantitative estimate of drug-likeness (QED) is 0.804. The van der Waals surface area contributed by atoms with Gasteiger partial charge in [-0.15, -0.1) is 0 Å². The molecule has 0 aliphatic heterocycles. The van der Waals surface area contributed by atoms with E-state index in [9.17, 15) is 0 Å². The van der Waals surface area contributed by atoms with Gasteiger partial charge in [-0.05, 0) is 38.2 Å². The molecule has 0 radical (unpaired) electrons. The normalized spacial score (nSPS) is 12.6. The van der Waals surface area contributed by atoms with Crippen LogP contribution in [-0.2, 0) is 6.54 Å². The zero-order valence-corrected chi connectivity index (χ0v) is 10.2. The van der Waals surface area contributed by atoms with E-state index in [1.807, 2.05) is 42.7 Å². The van der Waals surface area contributed by atoms with Crippen molar-refractivity contribution in [2.24, 2.45) is 0 Å². The van der Waals surface area contributed by atoms with Crippen LogP contribution in [0.2, 0.25) is 0 Å². The molecule has 3 nitrogen and oxygen atoms in total. The van der Waals surface area contributed by atoms with E-state index in [1.54, 1.807) is 0 Å². The van der Waals surface area contributed by atoms with Gasteiger partial charge in [0.05, 0.1) is 11.4 Å². The molecule has 0 saturated carbocycles. The fraction of sp³-hybridized carbons (Fsp3) is 0.286. The molecule has 0 aliphatic rings. The molecule has 0 unspecified atom stereocenters. The van der Waals surface area contributed by atoms with Gasteiger partial charge in [0.15, 0.2) is 0 Å². The lowest BCUT2D eigenvalue weighted by molar-refractivity contribution is 0.246. The molecule has 0 aliphatic carbocycles. The number of aromatic nitrogens is 2. The maximum atomic E-state index is 4.38. The van der Waals surface area contributed by atoms with Crippen molar-refractivity contribution in [3.63, 3.8) is 0 Å². The van der Waals surface area contributed by atoms with Crippen LogP contribution in [0.15, 0.2) is 48.8 Å². The van der Waals surface area contributed by atoms with Gasteiger partial charge in [-0.3, -0.25) is 14.9 Å². The van der Waals surface area contributed by atoms with Gasteiger partial charge in [0, 0.05) is 25.0 Å². The van der Waals surface area contributed by atoms with E-state index >= 15 is 0 Å². The molecule has 2 aromatic heterocycles. The molecule has 0 aromatic carbocycles. The first-order valence-corrected chi connectivity index (χ1v) is 5.78. The summed E-state index contributed by atoms with van der Waals surface area (Å²) in [6, 6.07) is 12.3. The highest BCUT2D eigenvalue weighted by atomic mass is 15.1. The van der Waals surface area contributed by atoms with Gasteiger partial charge in [-0.25, -0.2) is 0 Å². The van der Waals surface area contributed by atoms with Crippen molar-refractivity contribution in [3.05, 3.63) is 60.2 Å². The Morgan fingerprint density at radius 1 is 1.06 bits per heavy atom. The average molecular weight is 227 g/mol. The first-order valence-electron chi connectivity index (χ1n) is 5.78. The zero-order valence-electron chi connectivity index (χ0n) is 10.2. The number of rotatable bonds is 4. The van der Waals surface area contributed by atoms with Crippen molar-refractivity contribution in [3.8, 4) is 0 Å². The fourth-order valence-electron chi connectivity index (χ4n) is 1.73. The van der Waals surface area contributed by atoms with Crippen molar-refractivity contribution in [1.82, 2.24) is 14.9 Å².